The summed E-state index contributed by atoms with van der Waals surface area (Å²) in [5.74, 6) is 1.92. The fourth-order valence-electron chi connectivity index (χ4n) is 2.91. The zero-order chi connectivity index (χ0) is 16.4. The summed E-state index contributed by atoms with van der Waals surface area (Å²) in [6.45, 7) is 5.65. The van der Waals surface area contributed by atoms with Crippen molar-refractivity contribution in [1.82, 2.24) is 10.6 Å². The van der Waals surface area contributed by atoms with E-state index in [1.807, 2.05) is 12.1 Å². The molecule has 1 aromatic heterocycles. The summed E-state index contributed by atoms with van der Waals surface area (Å²) in [6.07, 6.45) is 8.65. The Kier molecular flexibility index (Phi) is 10.4. The number of halogens is 1. The summed E-state index contributed by atoms with van der Waals surface area (Å²) in [5.41, 5.74) is 0.359. The highest BCUT2D eigenvalue weighted by Gasteiger charge is 2.36. The van der Waals surface area contributed by atoms with Gasteiger partial charge in [-0.05, 0) is 43.2 Å². The van der Waals surface area contributed by atoms with Crippen molar-refractivity contribution in [2.24, 2.45) is 10.4 Å². The molecule has 0 atom stereocenters. The van der Waals surface area contributed by atoms with E-state index >= 15 is 0 Å². The minimum Gasteiger partial charge on any atom is -0.469 e. The molecule has 0 bridgehead atoms. The molecule has 0 aliphatic heterocycles. The number of furan rings is 1. The first-order chi connectivity index (χ1) is 11.3. The normalized spacial score (nSPS) is 16.2. The highest BCUT2D eigenvalue weighted by atomic mass is 127. The number of ether oxygens (including phenoxy) is 1. The van der Waals surface area contributed by atoms with Crippen LogP contribution in [0.5, 0.6) is 0 Å². The van der Waals surface area contributed by atoms with Gasteiger partial charge in [0.25, 0.3) is 0 Å². The molecule has 1 saturated carbocycles. The highest BCUT2D eigenvalue weighted by molar-refractivity contribution is 14.0. The van der Waals surface area contributed by atoms with Gasteiger partial charge in [0.2, 0.25) is 0 Å². The van der Waals surface area contributed by atoms with E-state index in [9.17, 15) is 0 Å². The van der Waals surface area contributed by atoms with Gasteiger partial charge in [0.15, 0.2) is 5.96 Å². The molecular weight excluding hydrogens is 417 g/mol. The van der Waals surface area contributed by atoms with Crippen molar-refractivity contribution >= 4 is 29.9 Å². The average Bonchev–Trinajstić information content (AvgIpc) is 3.03. The van der Waals surface area contributed by atoms with E-state index in [1.165, 1.54) is 19.3 Å². The average molecular weight is 449 g/mol. The van der Waals surface area contributed by atoms with Gasteiger partial charge in [0.05, 0.1) is 6.26 Å². The van der Waals surface area contributed by atoms with E-state index in [-0.39, 0.29) is 24.0 Å². The Balaban J connectivity index is 0.00000288. The van der Waals surface area contributed by atoms with Gasteiger partial charge in [-0.2, -0.15) is 0 Å². The van der Waals surface area contributed by atoms with E-state index in [4.69, 9.17) is 14.1 Å². The smallest absolute Gasteiger partial charge is 0.191 e. The molecule has 0 unspecified atom stereocenters. The van der Waals surface area contributed by atoms with Crippen molar-refractivity contribution in [1.29, 1.82) is 0 Å². The Morgan fingerprint density at radius 2 is 2.12 bits per heavy atom. The van der Waals surface area contributed by atoms with E-state index in [1.54, 1.807) is 13.4 Å². The van der Waals surface area contributed by atoms with Crippen LogP contribution in [0.1, 0.15) is 44.8 Å². The van der Waals surface area contributed by atoms with Gasteiger partial charge in [0, 0.05) is 39.8 Å². The number of methoxy groups -OCH3 is 1. The molecule has 5 nitrogen and oxygen atoms in total. The third-order valence-corrected chi connectivity index (χ3v) is 4.61. The number of rotatable bonds is 10. The van der Waals surface area contributed by atoms with E-state index in [0.717, 1.165) is 57.2 Å². The maximum Gasteiger partial charge on any atom is 0.191 e. The number of nitrogens with one attached hydrogen (secondary N) is 2. The Morgan fingerprint density at radius 3 is 2.71 bits per heavy atom. The van der Waals surface area contributed by atoms with E-state index < -0.39 is 0 Å². The molecule has 0 aromatic carbocycles. The molecule has 2 N–H and O–H groups in total. The molecule has 1 aliphatic carbocycles. The molecule has 0 radical (unpaired) electrons. The largest absolute Gasteiger partial charge is 0.469 e. The first kappa shape index (κ1) is 21.3. The Labute approximate surface area is 163 Å². The van der Waals surface area contributed by atoms with Crippen LogP contribution in [-0.2, 0) is 11.2 Å². The van der Waals surface area contributed by atoms with Crippen LogP contribution in [0.15, 0.2) is 27.8 Å². The lowest BCUT2D eigenvalue weighted by Gasteiger charge is -2.40. The molecular formula is C18H32IN3O2. The molecule has 6 heteroatoms. The van der Waals surface area contributed by atoms with Crippen LogP contribution >= 0.6 is 24.0 Å². The van der Waals surface area contributed by atoms with Gasteiger partial charge in [-0.1, -0.05) is 13.3 Å². The molecule has 0 spiro atoms. The molecule has 0 saturated heterocycles. The second-order valence-corrected chi connectivity index (χ2v) is 6.44. The van der Waals surface area contributed by atoms with Crippen LogP contribution in [0, 0.1) is 5.41 Å². The van der Waals surface area contributed by atoms with Crippen LogP contribution in [0.3, 0.4) is 0 Å². The molecule has 138 valence electrons. The van der Waals surface area contributed by atoms with Crippen molar-refractivity contribution in [2.45, 2.75) is 45.4 Å². The Bertz CT molecular complexity index is 459. The summed E-state index contributed by atoms with van der Waals surface area (Å²) in [4.78, 5) is 4.84. The summed E-state index contributed by atoms with van der Waals surface area (Å²) < 4.78 is 10.6. The SMILES string of the molecule is CCCNC(=NCC1(CCOC)CCC1)NCCc1ccco1.I. The van der Waals surface area contributed by atoms with Crippen LogP contribution in [-0.4, -0.2) is 39.3 Å². The summed E-state index contributed by atoms with van der Waals surface area (Å²) in [7, 11) is 1.78. The summed E-state index contributed by atoms with van der Waals surface area (Å²) in [5, 5.41) is 6.82. The fraction of sp³-hybridized carbons (Fsp3) is 0.722. The molecule has 1 aliphatic rings. The number of aliphatic imine (C=N–C) groups is 1. The third kappa shape index (κ3) is 7.01. The third-order valence-electron chi connectivity index (χ3n) is 4.61. The number of hydrogen-bond donors (Lipinski definition) is 2. The Morgan fingerprint density at radius 1 is 1.33 bits per heavy atom. The first-order valence-corrected chi connectivity index (χ1v) is 8.81. The predicted molar refractivity (Wildman–Crippen MR) is 109 cm³/mol. The molecule has 24 heavy (non-hydrogen) atoms. The summed E-state index contributed by atoms with van der Waals surface area (Å²) >= 11 is 0. The lowest BCUT2D eigenvalue weighted by molar-refractivity contribution is 0.0778. The molecule has 1 heterocycles. The van der Waals surface area contributed by atoms with Crippen molar-refractivity contribution in [3.8, 4) is 0 Å². The second kappa shape index (κ2) is 11.7. The fourth-order valence-corrected chi connectivity index (χ4v) is 2.91. The minimum atomic E-state index is 0. The van der Waals surface area contributed by atoms with Crippen LogP contribution in [0.4, 0.5) is 0 Å². The molecule has 2 rings (SSSR count). The molecule has 1 fully saturated rings. The van der Waals surface area contributed by atoms with Gasteiger partial charge in [-0.3, -0.25) is 4.99 Å². The van der Waals surface area contributed by atoms with Gasteiger partial charge >= 0.3 is 0 Å². The highest BCUT2D eigenvalue weighted by Crippen LogP contribution is 2.44. The van der Waals surface area contributed by atoms with Crippen molar-refractivity contribution in [3.63, 3.8) is 0 Å². The van der Waals surface area contributed by atoms with Gasteiger partial charge in [-0.25, -0.2) is 0 Å². The van der Waals surface area contributed by atoms with Crippen LogP contribution < -0.4 is 10.6 Å². The van der Waals surface area contributed by atoms with Crippen molar-refractivity contribution in [2.75, 3.05) is 33.4 Å². The zero-order valence-electron chi connectivity index (χ0n) is 15.0. The standard InChI is InChI=1S/C18H31N3O2.HI/c1-3-11-19-17(20-12-7-16-6-4-13-23-16)21-15-18(8-5-9-18)10-14-22-2;/h4,6,13H,3,5,7-12,14-15H2,1-2H3,(H2,19,20,21);1H. The van der Waals surface area contributed by atoms with Crippen LogP contribution in [0.2, 0.25) is 0 Å². The van der Waals surface area contributed by atoms with Crippen LogP contribution in [0.25, 0.3) is 0 Å². The number of nitrogens with zero attached hydrogens (tertiary/aromatic N) is 1. The Hall–Kier alpha value is -0.760. The van der Waals surface area contributed by atoms with Crippen molar-refractivity contribution in [3.05, 3.63) is 24.2 Å². The monoisotopic (exact) mass is 449 g/mol. The predicted octanol–water partition coefficient (Wildman–Crippen LogP) is 3.59. The van der Waals surface area contributed by atoms with Crippen molar-refractivity contribution < 1.29 is 9.15 Å². The first-order valence-electron chi connectivity index (χ1n) is 8.81. The summed E-state index contributed by atoms with van der Waals surface area (Å²) in [6, 6.07) is 3.93. The lowest BCUT2D eigenvalue weighted by atomic mass is 9.67. The lowest BCUT2D eigenvalue weighted by Crippen LogP contribution is -2.41. The van der Waals surface area contributed by atoms with Gasteiger partial charge in [0.1, 0.15) is 5.76 Å². The maximum atomic E-state index is 5.37. The maximum absolute atomic E-state index is 5.37. The second-order valence-electron chi connectivity index (χ2n) is 6.44. The van der Waals surface area contributed by atoms with Gasteiger partial charge < -0.3 is 19.8 Å². The quantitative estimate of drug-likeness (QED) is 0.326. The number of guanidine groups is 1. The van der Waals surface area contributed by atoms with E-state index in [2.05, 4.69) is 17.6 Å². The zero-order valence-corrected chi connectivity index (χ0v) is 17.3. The molecule has 1 aromatic rings. The number of hydrogen-bond acceptors (Lipinski definition) is 3. The minimum absolute atomic E-state index is 0. The molecule has 0 amide bonds. The van der Waals surface area contributed by atoms with Gasteiger partial charge in [-0.15, -0.1) is 24.0 Å². The van der Waals surface area contributed by atoms with E-state index in [0.29, 0.717) is 5.41 Å². The topological polar surface area (TPSA) is 58.8 Å².